The molecule has 2 heterocycles. The van der Waals surface area contributed by atoms with Gasteiger partial charge in [0.1, 0.15) is 0 Å². The number of hydrogen-bond donors (Lipinski definition) is 1. The first kappa shape index (κ1) is 14.8. The van der Waals surface area contributed by atoms with Crippen molar-refractivity contribution in [2.24, 2.45) is 5.92 Å². The molecule has 0 saturated carbocycles. The van der Waals surface area contributed by atoms with Gasteiger partial charge in [-0.2, -0.15) is 0 Å². The first-order valence-corrected chi connectivity index (χ1v) is 7.93. The summed E-state index contributed by atoms with van der Waals surface area (Å²) in [6, 6.07) is 5.65. The van der Waals surface area contributed by atoms with Crippen LogP contribution in [0.25, 0.3) is 0 Å². The van der Waals surface area contributed by atoms with Crippen molar-refractivity contribution in [3.8, 4) is 5.75 Å². The van der Waals surface area contributed by atoms with Gasteiger partial charge in [-0.05, 0) is 43.9 Å². The standard InChI is InChI=1S/C17H24FNO2/c1-3-19-14(13-10-12-7-8-15(13)21-12)9-11-5-4-6-16(20-2)17(11)18/h4-6,12-15,19H,3,7-10H2,1-2H3. The molecule has 2 fully saturated rings. The van der Waals surface area contributed by atoms with Gasteiger partial charge in [-0.25, -0.2) is 4.39 Å². The van der Waals surface area contributed by atoms with Crippen LogP contribution in [-0.2, 0) is 11.2 Å². The van der Waals surface area contributed by atoms with E-state index in [1.54, 1.807) is 6.07 Å². The Labute approximate surface area is 125 Å². The van der Waals surface area contributed by atoms with E-state index in [9.17, 15) is 4.39 Å². The Morgan fingerprint density at radius 1 is 1.43 bits per heavy atom. The Bertz CT molecular complexity index is 494. The molecule has 4 unspecified atom stereocenters. The van der Waals surface area contributed by atoms with Crippen molar-refractivity contribution in [2.75, 3.05) is 13.7 Å². The molecule has 0 aromatic heterocycles. The quantitative estimate of drug-likeness (QED) is 0.875. The van der Waals surface area contributed by atoms with Crippen LogP contribution in [0.1, 0.15) is 31.7 Å². The van der Waals surface area contributed by atoms with E-state index in [1.165, 1.54) is 13.5 Å². The number of ether oxygens (including phenoxy) is 2. The number of benzene rings is 1. The van der Waals surface area contributed by atoms with Crippen molar-refractivity contribution < 1.29 is 13.9 Å². The average Bonchev–Trinajstić information content (AvgIpc) is 3.11. The van der Waals surface area contributed by atoms with Crippen LogP contribution in [-0.4, -0.2) is 31.9 Å². The second kappa shape index (κ2) is 6.32. The molecule has 21 heavy (non-hydrogen) atoms. The van der Waals surface area contributed by atoms with Crippen LogP contribution in [0.2, 0.25) is 0 Å². The summed E-state index contributed by atoms with van der Waals surface area (Å²) in [5, 5.41) is 3.54. The molecule has 2 bridgehead atoms. The summed E-state index contributed by atoms with van der Waals surface area (Å²) in [5.41, 5.74) is 0.725. The van der Waals surface area contributed by atoms with E-state index in [-0.39, 0.29) is 11.9 Å². The fraction of sp³-hybridized carbons (Fsp3) is 0.647. The molecule has 0 spiro atoms. The van der Waals surface area contributed by atoms with Crippen molar-refractivity contribution in [3.63, 3.8) is 0 Å². The lowest BCUT2D eigenvalue weighted by molar-refractivity contribution is 0.0858. The fourth-order valence-corrected chi connectivity index (χ4v) is 3.85. The number of rotatable bonds is 6. The number of likely N-dealkylation sites (N-methyl/N-ethyl adjacent to an activating group) is 1. The van der Waals surface area contributed by atoms with Crippen LogP contribution in [0, 0.1) is 11.7 Å². The van der Waals surface area contributed by atoms with Gasteiger partial charge in [0.05, 0.1) is 19.3 Å². The zero-order valence-corrected chi connectivity index (χ0v) is 12.8. The number of fused-ring (bicyclic) bond motifs is 2. The van der Waals surface area contributed by atoms with Crippen LogP contribution in [0.4, 0.5) is 4.39 Å². The summed E-state index contributed by atoms with van der Waals surface area (Å²) in [5.74, 6) is 0.591. The maximum absolute atomic E-state index is 14.4. The second-order valence-corrected chi connectivity index (χ2v) is 6.08. The average molecular weight is 293 g/mol. The Morgan fingerprint density at radius 2 is 2.29 bits per heavy atom. The van der Waals surface area contributed by atoms with Crippen LogP contribution in [0.15, 0.2) is 18.2 Å². The monoisotopic (exact) mass is 293 g/mol. The van der Waals surface area contributed by atoms with E-state index in [2.05, 4.69) is 12.2 Å². The van der Waals surface area contributed by atoms with E-state index in [0.29, 0.717) is 30.3 Å². The summed E-state index contributed by atoms with van der Waals surface area (Å²) in [4.78, 5) is 0. The molecule has 1 N–H and O–H groups in total. The van der Waals surface area contributed by atoms with Crippen molar-refractivity contribution in [3.05, 3.63) is 29.6 Å². The lowest BCUT2D eigenvalue weighted by atomic mass is 9.81. The van der Waals surface area contributed by atoms with Crippen LogP contribution in [0.5, 0.6) is 5.75 Å². The molecule has 2 aliphatic rings. The minimum Gasteiger partial charge on any atom is -0.494 e. The molecule has 116 valence electrons. The summed E-state index contributed by atoms with van der Waals surface area (Å²) in [6.45, 7) is 2.99. The number of nitrogens with one attached hydrogen (secondary N) is 1. The predicted octanol–water partition coefficient (Wildman–Crippen LogP) is 2.92. The number of halogens is 1. The maximum atomic E-state index is 14.4. The van der Waals surface area contributed by atoms with Gasteiger partial charge in [-0.15, -0.1) is 0 Å². The van der Waals surface area contributed by atoms with E-state index in [1.807, 2.05) is 12.1 Å². The predicted molar refractivity (Wildman–Crippen MR) is 80.1 cm³/mol. The fourth-order valence-electron chi connectivity index (χ4n) is 3.85. The molecule has 0 radical (unpaired) electrons. The van der Waals surface area contributed by atoms with Gasteiger partial charge in [-0.1, -0.05) is 19.1 Å². The smallest absolute Gasteiger partial charge is 0.168 e. The Hall–Kier alpha value is -1.13. The first-order chi connectivity index (χ1) is 10.2. The molecule has 3 rings (SSSR count). The van der Waals surface area contributed by atoms with Gasteiger partial charge in [0.25, 0.3) is 0 Å². The molecule has 4 heteroatoms. The van der Waals surface area contributed by atoms with E-state index in [0.717, 1.165) is 24.9 Å². The summed E-state index contributed by atoms with van der Waals surface area (Å²) in [7, 11) is 1.51. The Kier molecular flexibility index (Phi) is 4.45. The molecule has 3 nitrogen and oxygen atoms in total. The Morgan fingerprint density at radius 3 is 2.90 bits per heavy atom. The van der Waals surface area contributed by atoms with E-state index >= 15 is 0 Å². The highest BCUT2D eigenvalue weighted by atomic mass is 19.1. The molecule has 1 aromatic carbocycles. The second-order valence-electron chi connectivity index (χ2n) is 6.08. The summed E-state index contributed by atoms with van der Waals surface area (Å²) < 4.78 is 25.4. The van der Waals surface area contributed by atoms with Gasteiger partial charge < -0.3 is 14.8 Å². The van der Waals surface area contributed by atoms with E-state index < -0.39 is 0 Å². The largest absolute Gasteiger partial charge is 0.494 e. The minimum absolute atomic E-state index is 0.230. The number of methoxy groups -OCH3 is 1. The number of hydrogen-bond acceptors (Lipinski definition) is 3. The molecule has 0 amide bonds. The third-order valence-electron chi connectivity index (χ3n) is 4.84. The first-order valence-electron chi connectivity index (χ1n) is 7.93. The summed E-state index contributed by atoms with van der Waals surface area (Å²) in [6.07, 6.45) is 4.91. The SMILES string of the molecule is CCNC(Cc1cccc(OC)c1F)C1CC2CCC1O2. The van der Waals surface area contributed by atoms with E-state index in [4.69, 9.17) is 9.47 Å². The molecule has 4 atom stereocenters. The third kappa shape index (κ3) is 2.92. The zero-order valence-electron chi connectivity index (χ0n) is 12.8. The highest BCUT2D eigenvalue weighted by molar-refractivity contribution is 5.31. The van der Waals surface area contributed by atoms with Crippen molar-refractivity contribution in [2.45, 2.75) is 50.9 Å². The van der Waals surface area contributed by atoms with Gasteiger partial charge in [0, 0.05) is 12.0 Å². The van der Waals surface area contributed by atoms with Crippen LogP contribution >= 0.6 is 0 Å². The van der Waals surface area contributed by atoms with Crippen molar-refractivity contribution in [1.82, 2.24) is 5.32 Å². The van der Waals surface area contributed by atoms with Gasteiger partial charge in [0.2, 0.25) is 0 Å². The minimum atomic E-state index is -0.230. The van der Waals surface area contributed by atoms with Gasteiger partial charge in [-0.3, -0.25) is 0 Å². The lowest BCUT2D eigenvalue weighted by Gasteiger charge is -2.29. The normalized spacial score (nSPS) is 28.8. The topological polar surface area (TPSA) is 30.5 Å². The molecule has 2 aliphatic heterocycles. The Balaban J connectivity index is 1.76. The zero-order chi connectivity index (χ0) is 14.8. The third-order valence-corrected chi connectivity index (χ3v) is 4.84. The molecule has 2 saturated heterocycles. The van der Waals surface area contributed by atoms with Gasteiger partial charge >= 0.3 is 0 Å². The molecule has 0 aliphatic carbocycles. The summed E-state index contributed by atoms with van der Waals surface area (Å²) >= 11 is 0. The lowest BCUT2D eigenvalue weighted by Crippen LogP contribution is -2.42. The maximum Gasteiger partial charge on any atom is 0.168 e. The van der Waals surface area contributed by atoms with Crippen LogP contribution in [0.3, 0.4) is 0 Å². The van der Waals surface area contributed by atoms with Gasteiger partial charge in [0.15, 0.2) is 11.6 Å². The highest BCUT2D eigenvalue weighted by Gasteiger charge is 2.44. The molecular weight excluding hydrogens is 269 g/mol. The van der Waals surface area contributed by atoms with Crippen LogP contribution < -0.4 is 10.1 Å². The molecule has 1 aromatic rings. The van der Waals surface area contributed by atoms with Crippen molar-refractivity contribution >= 4 is 0 Å². The van der Waals surface area contributed by atoms with Crippen molar-refractivity contribution in [1.29, 1.82) is 0 Å². The molecular formula is C17H24FNO2. The highest BCUT2D eigenvalue weighted by Crippen LogP contribution is 2.41.